The Morgan fingerprint density at radius 1 is 1.12 bits per heavy atom. The monoisotopic (exact) mass is 350 g/mol. The Labute approximate surface area is 152 Å². The molecule has 1 saturated heterocycles. The molecule has 0 amide bonds. The van der Waals surface area contributed by atoms with Crippen LogP contribution < -0.4 is 4.80 Å². The highest BCUT2D eigenvalue weighted by Gasteiger charge is 2.18. The third-order valence-corrected chi connectivity index (χ3v) is 5.40. The Morgan fingerprint density at radius 2 is 1.92 bits per heavy atom. The second kappa shape index (κ2) is 7.38. The summed E-state index contributed by atoms with van der Waals surface area (Å²) in [4.78, 5) is 5.92. The highest BCUT2D eigenvalue weighted by molar-refractivity contribution is 7.07. The number of thiazole rings is 1. The van der Waals surface area contributed by atoms with E-state index in [2.05, 4.69) is 71.5 Å². The van der Waals surface area contributed by atoms with Crippen LogP contribution in [0.25, 0.3) is 11.3 Å². The van der Waals surface area contributed by atoms with Gasteiger partial charge >= 0.3 is 0 Å². The van der Waals surface area contributed by atoms with Crippen LogP contribution >= 0.6 is 11.3 Å². The zero-order chi connectivity index (χ0) is 17.1. The fraction of sp³-hybridized carbons (Fsp3) is 0.286. The molecule has 1 unspecified atom stereocenters. The summed E-state index contributed by atoms with van der Waals surface area (Å²) in [6.45, 7) is 3.83. The molecule has 0 saturated carbocycles. The van der Waals surface area contributed by atoms with Crippen molar-refractivity contribution in [2.75, 3.05) is 6.61 Å². The summed E-state index contributed by atoms with van der Waals surface area (Å²) in [6, 6.07) is 18.9. The van der Waals surface area contributed by atoms with Gasteiger partial charge < -0.3 is 9.30 Å². The van der Waals surface area contributed by atoms with E-state index < -0.39 is 0 Å². The van der Waals surface area contributed by atoms with E-state index in [1.807, 2.05) is 0 Å². The molecule has 0 radical (unpaired) electrons. The molecule has 0 bridgehead atoms. The topological polar surface area (TPSA) is 26.5 Å². The van der Waals surface area contributed by atoms with Gasteiger partial charge in [-0.15, -0.1) is 11.3 Å². The predicted molar refractivity (Wildman–Crippen MR) is 103 cm³/mol. The van der Waals surface area contributed by atoms with Crippen molar-refractivity contribution in [2.24, 2.45) is 4.99 Å². The van der Waals surface area contributed by atoms with Crippen molar-refractivity contribution in [3.63, 3.8) is 0 Å². The fourth-order valence-corrected chi connectivity index (χ4v) is 4.10. The third kappa shape index (κ3) is 3.75. The molecule has 1 aromatic heterocycles. The Balaban J connectivity index is 1.77. The first-order chi connectivity index (χ1) is 12.3. The summed E-state index contributed by atoms with van der Waals surface area (Å²) >= 11 is 1.69. The Bertz CT molecular complexity index is 888. The van der Waals surface area contributed by atoms with Gasteiger partial charge in [0.2, 0.25) is 0 Å². The molecule has 4 heteroatoms. The maximum absolute atomic E-state index is 5.88. The summed E-state index contributed by atoms with van der Waals surface area (Å²) in [5.41, 5.74) is 4.68. The van der Waals surface area contributed by atoms with Crippen LogP contribution in [0.5, 0.6) is 0 Å². The van der Waals surface area contributed by atoms with Crippen molar-refractivity contribution < 1.29 is 4.74 Å². The van der Waals surface area contributed by atoms with E-state index in [-0.39, 0.29) is 6.10 Å². The number of hydrogen-bond acceptors (Lipinski definition) is 3. The van der Waals surface area contributed by atoms with E-state index in [0.29, 0.717) is 0 Å². The van der Waals surface area contributed by atoms with Gasteiger partial charge in [-0.1, -0.05) is 48.0 Å². The molecule has 128 valence electrons. The summed E-state index contributed by atoms with van der Waals surface area (Å²) in [5, 5.41) is 2.21. The van der Waals surface area contributed by atoms with Gasteiger partial charge in [0, 0.05) is 12.0 Å². The van der Waals surface area contributed by atoms with Crippen LogP contribution in [0.2, 0.25) is 0 Å². The van der Waals surface area contributed by atoms with Crippen LogP contribution in [-0.2, 0) is 11.3 Å². The molecule has 0 aliphatic carbocycles. The minimum absolute atomic E-state index is 0.286. The van der Waals surface area contributed by atoms with Crippen molar-refractivity contribution in [3.8, 4) is 11.3 Å². The first-order valence-corrected chi connectivity index (χ1v) is 9.64. The van der Waals surface area contributed by atoms with Crippen LogP contribution in [0.1, 0.15) is 18.4 Å². The maximum Gasteiger partial charge on any atom is 0.190 e. The van der Waals surface area contributed by atoms with Gasteiger partial charge in [-0.2, -0.15) is 0 Å². The molecule has 0 spiro atoms. The van der Waals surface area contributed by atoms with Crippen molar-refractivity contribution >= 4 is 17.0 Å². The SMILES string of the molecule is Cc1ccc(N=c2scc(-c3ccccc3)n2CC2CCCO2)cc1. The molecule has 2 heterocycles. The highest BCUT2D eigenvalue weighted by atomic mass is 32.1. The number of rotatable bonds is 4. The second-order valence-corrected chi connectivity index (χ2v) is 7.30. The number of ether oxygens (including phenoxy) is 1. The Kier molecular flexibility index (Phi) is 4.81. The van der Waals surface area contributed by atoms with Crippen LogP contribution in [0.15, 0.2) is 65.0 Å². The van der Waals surface area contributed by atoms with Gasteiger partial charge in [-0.05, 0) is 37.5 Å². The largest absolute Gasteiger partial charge is 0.376 e. The summed E-state index contributed by atoms with van der Waals surface area (Å²) in [5.74, 6) is 0. The van der Waals surface area contributed by atoms with Crippen molar-refractivity contribution in [3.05, 3.63) is 70.3 Å². The van der Waals surface area contributed by atoms with Gasteiger partial charge in [0.1, 0.15) is 0 Å². The predicted octanol–water partition coefficient (Wildman–Crippen LogP) is 4.94. The molecule has 1 atom stereocenters. The number of aryl methyl sites for hydroxylation is 1. The van der Waals surface area contributed by atoms with E-state index in [9.17, 15) is 0 Å². The molecule has 25 heavy (non-hydrogen) atoms. The third-order valence-electron chi connectivity index (χ3n) is 4.54. The number of hydrogen-bond donors (Lipinski definition) is 0. The number of aromatic nitrogens is 1. The second-order valence-electron chi connectivity index (χ2n) is 6.46. The van der Waals surface area contributed by atoms with Crippen LogP contribution in [-0.4, -0.2) is 17.3 Å². The lowest BCUT2D eigenvalue weighted by Crippen LogP contribution is -2.23. The lowest BCUT2D eigenvalue weighted by Gasteiger charge is -2.14. The highest BCUT2D eigenvalue weighted by Crippen LogP contribution is 2.23. The average molecular weight is 350 g/mol. The molecule has 0 N–H and O–H groups in total. The van der Waals surface area contributed by atoms with E-state index in [1.165, 1.54) is 16.8 Å². The van der Waals surface area contributed by atoms with Gasteiger partial charge in [-0.25, -0.2) is 4.99 Å². The molecule has 2 aromatic carbocycles. The number of benzene rings is 2. The minimum Gasteiger partial charge on any atom is -0.376 e. The quantitative estimate of drug-likeness (QED) is 0.655. The van der Waals surface area contributed by atoms with Gasteiger partial charge in [0.15, 0.2) is 4.80 Å². The summed E-state index contributed by atoms with van der Waals surface area (Å²) in [6.07, 6.45) is 2.57. The smallest absolute Gasteiger partial charge is 0.190 e. The standard InChI is InChI=1S/C21H22N2OS/c1-16-9-11-18(12-10-16)22-21-23(14-19-8-5-13-24-19)20(15-25-21)17-6-3-2-4-7-17/h2-4,6-7,9-12,15,19H,5,8,13-14H2,1H3. The minimum atomic E-state index is 0.286. The normalized spacial score (nSPS) is 18.0. The van der Waals surface area contributed by atoms with E-state index >= 15 is 0 Å². The molecule has 3 nitrogen and oxygen atoms in total. The molecular formula is C21H22N2OS. The van der Waals surface area contributed by atoms with E-state index in [4.69, 9.17) is 9.73 Å². The molecule has 1 fully saturated rings. The maximum atomic E-state index is 5.88. The first-order valence-electron chi connectivity index (χ1n) is 8.76. The Morgan fingerprint density at radius 3 is 2.64 bits per heavy atom. The van der Waals surface area contributed by atoms with Crippen LogP contribution in [0, 0.1) is 6.92 Å². The molecular weight excluding hydrogens is 328 g/mol. The Hall–Kier alpha value is -2.17. The lowest BCUT2D eigenvalue weighted by atomic mass is 10.1. The van der Waals surface area contributed by atoms with Gasteiger partial charge in [-0.3, -0.25) is 0 Å². The van der Waals surface area contributed by atoms with Gasteiger partial charge in [0.25, 0.3) is 0 Å². The first kappa shape index (κ1) is 16.3. The molecule has 4 rings (SSSR count). The molecule has 1 aliphatic heterocycles. The zero-order valence-corrected chi connectivity index (χ0v) is 15.2. The summed E-state index contributed by atoms with van der Waals surface area (Å²) in [7, 11) is 0. The zero-order valence-electron chi connectivity index (χ0n) is 14.4. The van der Waals surface area contributed by atoms with E-state index in [0.717, 1.165) is 36.5 Å². The van der Waals surface area contributed by atoms with Gasteiger partial charge in [0.05, 0.1) is 24.0 Å². The van der Waals surface area contributed by atoms with Crippen LogP contribution in [0.4, 0.5) is 5.69 Å². The number of nitrogens with zero attached hydrogens (tertiary/aromatic N) is 2. The molecule has 1 aliphatic rings. The van der Waals surface area contributed by atoms with Crippen LogP contribution in [0.3, 0.4) is 0 Å². The van der Waals surface area contributed by atoms with E-state index in [1.54, 1.807) is 11.3 Å². The average Bonchev–Trinajstić information content (AvgIpc) is 3.29. The van der Waals surface area contributed by atoms with Crippen molar-refractivity contribution in [1.82, 2.24) is 4.57 Å². The summed E-state index contributed by atoms with van der Waals surface area (Å²) < 4.78 is 8.20. The fourth-order valence-electron chi connectivity index (χ4n) is 3.16. The molecule has 3 aromatic rings. The van der Waals surface area contributed by atoms with Crippen molar-refractivity contribution in [2.45, 2.75) is 32.4 Å². The lowest BCUT2D eigenvalue weighted by molar-refractivity contribution is 0.0968. The van der Waals surface area contributed by atoms with Crippen molar-refractivity contribution in [1.29, 1.82) is 0 Å².